The zero-order chi connectivity index (χ0) is 18.6. The monoisotopic (exact) mass is 359 g/mol. The van der Waals surface area contributed by atoms with Crippen molar-refractivity contribution < 1.29 is 14.7 Å². The Bertz CT molecular complexity index is 598. The molecule has 0 radical (unpaired) electrons. The summed E-state index contributed by atoms with van der Waals surface area (Å²) in [6.07, 6.45) is 14.5. The van der Waals surface area contributed by atoms with Gasteiger partial charge in [0.05, 0.1) is 0 Å². The molecule has 0 bridgehead atoms. The summed E-state index contributed by atoms with van der Waals surface area (Å²) in [6.45, 7) is 1.65. The van der Waals surface area contributed by atoms with Crippen molar-refractivity contribution in [1.29, 1.82) is 0 Å². The molecule has 0 atom stereocenters. The maximum absolute atomic E-state index is 12.5. The Morgan fingerprint density at radius 3 is 2.31 bits per heavy atom. The van der Waals surface area contributed by atoms with E-state index in [0.717, 1.165) is 58.0 Å². The van der Waals surface area contributed by atoms with Crippen molar-refractivity contribution >= 4 is 11.9 Å². The summed E-state index contributed by atoms with van der Waals surface area (Å²) in [7, 11) is 0. The first-order valence-electron chi connectivity index (χ1n) is 9.83. The molecule has 0 aromatic carbocycles. The average Bonchev–Trinajstić information content (AvgIpc) is 3.41. The van der Waals surface area contributed by atoms with Gasteiger partial charge in [-0.25, -0.2) is 0 Å². The van der Waals surface area contributed by atoms with Crippen LogP contribution < -0.4 is 0 Å². The van der Waals surface area contributed by atoms with Gasteiger partial charge in [0, 0.05) is 45.2 Å². The molecule has 2 fully saturated rings. The van der Waals surface area contributed by atoms with Gasteiger partial charge >= 0.3 is 5.97 Å². The number of carboxylic acids is 1. The van der Waals surface area contributed by atoms with Gasteiger partial charge in [0.1, 0.15) is 0 Å². The van der Waals surface area contributed by atoms with E-state index in [1.54, 1.807) is 0 Å². The minimum atomic E-state index is -0.680. The van der Waals surface area contributed by atoms with Crippen molar-refractivity contribution in [2.45, 2.75) is 76.3 Å². The van der Waals surface area contributed by atoms with E-state index in [9.17, 15) is 9.59 Å². The number of piperidine rings is 1. The van der Waals surface area contributed by atoms with E-state index in [1.165, 1.54) is 0 Å². The minimum absolute atomic E-state index is 0.205. The molecular formula is C20H29N3O3. The fourth-order valence-electron chi connectivity index (χ4n) is 4.60. The summed E-state index contributed by atoms with van der Waals surface area (Å²) in [5.74, 6) is 2.47. The number of carboxylic acid groups (broad SMARTS) is 1. The number of likely N-dealkylation sites (tertiary alicyclic amines) is 1. The Hall–Kier alpha value is -1.90. The van der Waals surface area contributed by atoms with E-state index in [0.29, 0.717) is 37.0 Å². The van der Waals surface area contributed by atoms with Gasteiger partial charge in [0.2, 0.25) is 5.91 Å². The predicted octanol–water partition coefficient (Wildman–Crippen LogP) is 3.62. The quantitative estimate of drug-likeness (QED) is 0.705. The molecule has 3 aliphatic rings. The molecule has 0 aromatic heterocycles. The van der Waals surface area contributed by atoms with Crippen LogP contribution in [0.25, 0.3) is 0 Å². The van der Waals surface area contributed by atoms with E-state index < -0.39 is 5.97 Å². The zero-order valence-corrected chi connectivity index (χ0v) is 15.5. The topological polar surface area (TPSA) is 82.3 Å². The molecule has 2 aliphatic heterocycles. The zero-order valence-electron chi connectivity index (χ0n) is 15.5. The lowest BCUT2D eigenvalue weighted by Gasteiger charge is -2.46. The third-order valence-electron chi connectivity index (χ3n) is 6.60. The van der Waals surface area contributed by atoms with Gasteiger partial charge in [-0.15, -0.1) is 12.3 Å². The van der Waals surface area contributed by atoms with Crippen molar-refractivity contribution in [3.63, 3.8) is 0 Å². The molecule has 1 saturated carbocycles. The van der Waals surface area contributed by atoms with Crippen LogP contribution in [0.15, 0.2) is 10.2 Å². The van der Waals surface area contributed by atoms with Crippen molar-refractivity contribution in [3.8, 4) is 12.3 Å². The molecular weight excluding hydrogens is 330 g/mol. The minimum Gasteiger partial charge on any atom is -0.481 e. The lowest BCUT2D eigenvalue weighted by atomic mass is 9.65. The first-order valence-corrected chi connectivity index (χ1v) is 9.83. The van der Waals surface area contributed by atoms with Crippen molar-refractivity contribution in [3.05, 3.63) is 0 Å². The lowest BCUT2D eigenvalue weighted by Crippen LogP contribution is -2.44. The molecule has 26 heavy (non-hydrogen) atoms. The van der Waals surface area contributed by atoms with Crippen LogP contribution in [-0.4, -0.2) is 40.6 Å². The van der Waals surface area contributed by atoms with Crippen molar-refractivity contribution in [2.24, 2.45) is 21.6 Å². The van der Waals surface area contributed by atoms with Crippen LogP contribution in [-0.2, 0) is 9.59 Å². The Kier molecular flexibility index (Phi) is 5.64. The molecule has 1 spiro atoms. The summed E-state index contributed by atoms with van der Waals surface area (Å²) in [5.41, 5.74) is -0.0392. The van der Waals surface area contributed by atoms with Crippen LogP contribution in [0.1, 0.15) is 70.6 Å². The third kappa shape index (κ3) is 4.63. The largest absolute Gasteiger partial charge is 0.481 e. The van der Waals surface area contributed by atoms with Crippen LogP contribution in [0.4, 0.5) is 0 Å². The van der Waals surface area contributed by atoms with E-state index in [4.69, 9.17) is 11.5 Å². The molecule has 0 unspecified atom stereocenters. The summed E-state index contributed by atoms with van der Waals surface area (Å²) in [6, 6.07) is 0. The van der Waals surface area contributed by atoms with Gasteiger partial charge < -0.3 is 10.0 Å². The third-order valence-corrected chi connectivity index (χ3v) is 6.60. The second-order valence-corrected chi connectivity index (χ2v) is 8.31. The highest BCUT2D eigenvalue weighted by Crippen LogP contribution is 2.47. The van der Waals surface area contributed by atoms with Gasteiger partial charge in [-0.2, -0.15) is 10.2 Å². The number of carbonyl (C=O) groups excluding carboxylic acids is 1. The fourth-order valence-corrected chi connectivity index (χ4v) is 4.60. The van der Waals surface area contributed by atoms with Crippen LogP contribution in [0.5, 0.6) is 0 Å². The highest BCUT2D eigenvalue weighted by atomic mass is 16.4. The molecule has 6 heteroatoms. The number of aliphatic carboxylic acids is 1. The number of rotatable bonds is 7. The molecule has 3 rings (SSSR count). The van der Waals surface area contributed by atoms with E-state index >= 15 is 0 Å². The second kappa shape index (κ2) is 7.77. The predicted molar refractivity (Wildman–Crippen MR) is 97.3 cm³/mol. The van der Waals surface area contributed by atoms with Crippen molar-refractivity contribution in [2.75, 3.05) is 13.1 Å². The van der Waals surface area contributed by atoms with Crippen LogP contribution >= 0.6 is 0 Å². The average molecular weight is 359 g/mol. The molecule has 0 aromatic rings. The Balaban J connectivity index is 1.39. The van der Waals surface area contributed by atoms with Crippen LogP contribution in [0, 0.1) is 23.7 Å². The maximum atomic E-state index is 12.5. The maximum Gasteiger partial charge on any atom is 0.303 e. The molecule has 1 saturated heterocycles. The second-order valence-electron chi connectivity index (χ2n) is 8.31. The van der Waals surface area contributed by atoms with Gasteiger partial charge in [-0.3, -0.25) is 9.59 Å². The van der Waals surface area contributed by atoms with Gasteiger partial charge in [0.15, 0.2) is 5.66 Å². The van der Waals surface area contributed by atoms with Crippen LogP contribution in [0.2, 0.25) is 0 Å². The summed E-state index contributed by atoms with van der Waals surface area (Å²) < 4.78 is 0. The highest BCUT2D eigenvalue weighted by molar-refractivity contribution is 5.76. The van der Waals surface area contributed by atoms with E-state index in [2.05, 4.69) is 16.1 Å². The number of terminal acetylenes is 1. The van der Waals surface area contributed by atoms with E-state index in [-0.39, 0.29) is 11.6 Å². The molecule has 1 aliphatic carbocycles. The Morgan fingerprint density at radius 1 is 1.12 bits per heavy atom. The lowest BCUT2D eigenvalue weighted by molar-refractivity contribution is -0.139. The number of hydrogen-bond acceptors (Lipinski definition) is 4. The Morgan fingerprint density at radius 2 is 1.77 bits per heavy atom. The number of carbonyl (C=O) groups is 2. The van der Waals surface area contributed by atoms with Crippen LogP contribution in [0.3, 0.4) is 0 Å². The Labute approximate surface area is 155 Å². The number of nitrogens with zero attached hydrogens (tertiary/aromatic N) is 3. The van der Waals surface area contributed by atoms with E-state index in [1.807, 2.05) is 4.90 Å². The SMILES string of the molecule is C#CCCC1(CCC(=O)N2CCC3(CCC(CC(=O)O)CC3)CC2)N=N1. The molecule has 6 nitrogen and oxygen atoms in total. The first kappa shape index (κ1) is 18.9. The highest BCUT2D eigenvalue weighted by Gasteiger charge is 2.41. The molecule has 1 amide bonds. The number of hydrogen-bond donors (Lipinski definition) is 1. The van der Waals surface area contributed by atoms with Gasteiger partial charge in [-0.1, -0.05) is 0 Å². The summed E-state index contributed by atoms with van der Waals surface area (Å²) in [5, 5.41) is 17.2. The van der Waals surface area contributed by atoms with Crippen molar-refractivity contribution in [1.82, 2.24) is 4.90 Å². The summed E-state index contributed by atoms with van der Waals surface area (Å²) >= 11 is 0. The summed E-state index contributed by atoms with van der Waals surface area (Å²) in [4.78, 5) is 25.4. The standard InChI is InChI=1S/C20H29N3O3/c1-2-3-7-20(21-22-20)10-6-17(24)23-13-11-19(12-14-23)8-4-16(5-9-19)15-18(25)26/h1,16H,3-15H2,(H,25,26). The number of amides is 1. The fraction of sp³-hybridized carbons (Fsp3) is 0.800. The van der Waals surface area contributed by atoms with Gasteiger partial charge in [-0.05, 0) is 49.9 Å². The molecule has 2 heterocycles. The van der Waals surface area contributed by atoms with Gasteiger partial charge in [0.25, 0.3) is 0 Å². The molecule has 142 valence electrons. The molecule has 1 N–H and O–H groups in total. The normalized spacial score (nSPS) is 23.6. The smallest absolute Gasteiger partial charge is 0.303 e. The first-order chi connectivity index (χ1) is 12.5.